The molecule has 3 amide bonds. The molecule has 1 aromatic heterocycles. The van der Waals surface area contributed by atoms with E-state index in [9.17, 15) is 14.4 Å². The zero-order valence-corrected chi connectivity index (χ0v) is 19.3. The van der Waals surface area contributed by atoms with Gasteiger partial charge in [0, 0.05) is 51.6 Å². The van der Waals surface area contributed by atoms with Crippen molar-refractivity contribution in [2.75, 3.05) is 25.0 Å². The molecule has 1 aliphatic carbocycles. The van der Waals surface area contributed by atoms with Crippen molar-refractivity contribution in [3.63, 3.8) is 0 Å². The zero-order chi connectivity index (χ0) is 23.0. The lowest BCUT2D eigenvalue weighted by atomic mass is 10.0. The fourth-order valence-electron chi connectivity index (χ4n) is 4.90. The van der Waals surface area contributed by atoms with Crippen LogP contribution in [0.25, 0.3) is 0 Å². The second kappa shape index (κ2) is 8.94. The summed E-state index contributed by atoms with van der Waals surface area (Å²) in [4.78, 5) is 42.1. The van der Waals surface area contributed by atoms with Crippen LogP contribution in [0.3, 0.4) is 0 Å². The summed E-state index contributed by atoms with van der Waals surface area (Å²) in [6, 6.07) is 7.58. The second-order valence-corrected chi connectivity index (χ2v) is 9.20. The third-order valence-electron chi connectivity index (χ3n) is 6.76. The van der Waals surface area contributed by atoms with Crippen LogP contribution in [0.4, 0.5) is 10.5 Å². The summed E-state index contributed by atoms with van der Waals surface area (Å²) in [7, 11) is 1.65. The number of rotatable bonds is 4. The molecule has 2 aromatic rings. The number of anilines is 1. The average Bonchev–Trinajstić information content (AvgIpc) is 3.46. The quantitative estimate of drug-likeness (QED) is 0.706. The minimum absolute atomic E-state index is 0.0430. The number of benzene rings is 1. The van der Waals surface area contributed by atoms with E-state index in [0.29, 0.717) is 42.2 Å². The molecule has 4 rings (SSSR count). The van der Waals surface area contributed by atoms with Crippen LogP contribution in [0.5, 0.6) is 0 Å². The highest BCUT2D eigenvalue weighted by Crippen LogP contribution is 2.41. The fourth-order valence-corrected chi connectivity index (χ4v) is 5.10. The second-order valence-electron chi connectivity index (χ2n) is 8.79. The summed E-state index contributed by atoms with van der Waals surface area (Å²) >= 11 is 6.31. The van der Waals surface area contributed by atoms with Crippen LogP contribution in [0.1, 0.15) is 32.3 Å². The maximum absolute atomic E-state index is 12.9. The number of hydrogen-bond acceptors (Lipinski definition) is 4. The van der Waals surface area contributed by atoms with Crippen LogP contribution >= 0.6 is 11.6 Å². The third-order valence-corrected chi connectivity index (χ3v) is 7.13. The number of fused-ring (bicyclic) bond motifs is 1. The van der Waals surface area contributed by atoms with Crippen molar-refractivity contribution in [3.05, 3.63) is 47.2 Å². The molecule has 3 atom stereocenters. The van der Waals surface area contributed by atoms with Crippen molar-refractivity contribution in [2.24, 2.45) is 11.8 Å². The molecule has 0 bridgehead atoms. The first-order valence-corrected chi connectivity index (χ1v) is 11.2. The molecule has 9 heteroatoms. The van der Waals surface area contributed by atoms with E-state index in [1.54, 1.807) is 20.2 Å². The fraction of sp³-hybridized carbons (Fsp3) is 0.478. The SMILES string of the molecule is CC(=O)N(C)c1cnn(C(=O)N2C[C@H]3CC(N(Cc4ccccc4Cl)C(C)=O)C[C@H]3C2)c1. The molecule has 0 radical (unpaired) electrons. The van der Waals surface area contributed by atoms with Crippen molar-refractivity contribution in [2.45, 2.75) is 39.3 Å². The lowest BCUT2D eigenvalue weighted by Crippen LogP contribution is -2.39. The van der Waals surface area contributed by atoms with Crippen LogP contribution < -0.4 is 4.90 Å². The van der Waals surface area contributed by atoms with Crippen molar-refractivity contribution < 1.29 is 14.4 Å². The van der Waals surface area contributed by atoms with E-state index in [1.807, 2.05) is 34.1 Å². The molecule has 1 saturated carbocycles. The molecular weight excluding hydrogens is 430 g/mol. The number of likely N-dealkylation sites (tertiary alicyclic amines) is 1. The Morgan fingerprint density at radius 1 is 1.09 bits per heavy atom. The van der Waals surface area contributed by atoms with Gasteiger partial charge in [0.15, 0.2) is 0 Å². The molecule has 1 saturated heterocycles. The normalized spacial score (nSPS) is 22.0. The van der Waals surface area contributed by atoms with E-state index < -0.39 is 0 Å². The Balaban J connectivity index is 1.39. The smallest absolute Gasteiger partial charge is 0.336 e. The predicted octanol–water partition coefficient (Wildman–Crippen LogP) is 3.25. The summed E-state index contributed by atoms with van der Waals surface area (Å²) < 4.78 is 1.30. The average molecular weight is 458 g/mol. The minimum Gasteiger partial charge on any atom is -0.336 e. The van der Waals surface area contributed by atoms with Gasteiger partial charge in [0.2, 0.25) is 11.8 Å². The molecule has 1 unspecified atom stereocenters. The first-order valence-electron chi connectivity index (χ1n) is 10.8. The van der Waals surface area contributed by atoms with Gasteiger partial charge < -0.3 is 14.7 Å². The summed E-state index contributed by atoms with van der Waals surface area (Å²) in [5, 5.41) is 4.81. The molecule has 1 aliphatic heterocycles. The molecule has 1 aromatic carbocycles. The van der Waals surface area contributed by atoms with Crippen LogP contribution in [-0.2, 0) is 16.1 Å². The van der Waals surface area contributed by atoms with Gasteiger partial charge in [-0.25, -0.2) is 4.79 Å². The number of nitrogens with zero attached hydrogens (tertiary/aromatic N) is 5. The summed E-state index contributed by atoms with van der Waals surface area (Å²) in [5.74, 6) is 0.631. The van der Waals surface area contributed by atoms with E-state index in [4.69, 9.17) is 11.6 Å². The number of aromatic nitrogens is 2. The Morgan fingerprint density at radius 3 is 2.34 bits per heavy atom. The standard InChI is InChI=1S/C23H28ClN5O3/c1-15(30)26(3)21-10-25-29(14-21)23(32)27-11-18-8-20(9-19(18)12-27)28(16(2)31)13-17-6-4-5-7-22(17)24/h4-7,10,14,18-20H,8-9,11-13H2,1-3H3/t18-,19+,20?. The van der Waals surface area contributed by atoms with Crippen molar-refractivity contribution in [1.82, 2.24) is 19.6 Å². The van der Waals surface area contributed by atoms with Crippen LogP contribution in [0.15, 0.2) is 36.7 Å². The van der Waals surface area contributed by atoms with Crippen molar-refractivity contribution in [1.29, 1.82) is 0 Å². The van der Waals surface area contributed by atoms with Gasteiger partial charge in [-0.3, -0.25) is 9.59 Å². The molecular formula is C23H28ClN5O3. The minimum atomic E-state index is -0.182. The van der Waals surface area contributed by atoms with E-state index in [0.717, 1.165) is 18.4 Å². The van der Waals surface area contributed by atoms with Gasteiger partial charge >= 0.3 is 6.03 Å². The maximum Gasteiger partial charge on any atom is 0.344 e. The Morgan fingerprint density at radius 2 is 1.75 bits per heavy atom. The van der Waals surface area contributed by atoms with E-state index in [1.165, 1.54) is 22.7 Å². The highest BCUT2D eigenvalue weighted by Gasteiger charge is 2.45. The third kappa shape index (κ3) is 4.37. The summed E-state index contributed by atoms with van der Waals surface area (Å²) in [6.45, 7) is 4.87. The summed E-state index contributed by atoms with van der Waals surface area (Å²) in [5.41, 5.74) is 1.53. The number of carbonyl (C=O) groups excluding carboxylic acids is 3. The van der Waals surface area contributed by atoms with Crippen LogP contribution in [0.2, 0.25) is 5.02 Å². The van der Waals surface area contributed by atoms with Crippen LogP contribution in [-0.4, -0.2) is 63.6 Å². The lowest BCUT2D eigenvalue weighted by Gasteiger charge is -2.30. The monoisotopic (exact) mass is 457 g/mol. The molecule has 32 heavy (non-hydrogen) atoms. The maximum atomic E-state index is 12.9. The molecule has 8 nitrogen and oxygen atoms in total. The van der Waals surface area contributed by atoms with Gasteiger partial charge in [0.1, 0.15) is 0 Å². The van der Waals surface area contributed by atoms with Crippen LogP contribution in [0, 0.1) is 11.8 Å². The zero-order valence-electron chi connectivity index (χ0n) is 18.6. The summed E-state index contributed by atoms with van der Waals surface area (Å²) in [6.07, 6.45) is 4.85. The number of hydrogen-bond donors (Lipinski definition) is 0. The highest BCUT2D eigenvalue weighted by molar-refractivity contribution is 6.31. The Kier molecular flexibility index (Phi) is 6.24. The van der Waals surface area contributed by atoms with Gasteiger partial charge in [0.25, 0.3) is 0 Å². The van der Waals surface area contributed by atoms with Gasteiger partial charge in [-0.1, -0.05) is 29.8 Å². The predicted molar refractivity (Wildman–Crippen MR) is 121 cm³/mol. The molecule has 0 spiro atoms. The molecule has 2 heterocycles. The van der Waals surface area contributed by atoms with Gasteiger partial charge in [-0.15, -0.1) is 0 Å². The van der Waals surface area contributed by atoms with Gasteiger partial charge in [0.05, 0.1) is 18.1 Å². The van der Waals surface area contributed by atoms with Crippen molar-refractivity contribution >= 4 is 35.1 Å². The van der Waals surface area contributed by atoms with Gasteiger partial charge in [-0.05, 0) is 36.3 Å². The van der Waals surface area contributed by atoms with E-state index in [2.05, 4.69) is 5.10 Å². The molecule has 0 N–H and O–H groups in total. The highest BCUT2D eigenvalue weighted by atomic mass is 35.5. The number of carbonyl (C=O) groups is 3. The number of amides is 3. The lowest BCUT2D eigenvalue weighted by molar-refractivity contribution is -0.131. The topological polar surface area (TPSA) is 78.8 Å². The molecule has 2 aliphatic rings. The van der Waals surface area contributed by atoms with E-state index >= 15 is 0 Å². The van der Waals surface area contributed by atoms with Gasteiger partial charge in [-0.2, -0.15) is 9.78 Å². The van der Waals surface area contributed by atoms with E-state index in [-0.39, 0.29) is 23.9 Å². The number of halogens is 1. The molecule has 170 valence electrons. The Hall–Kier alpha value is -2.87. The molecule has 2 fully saturated rings. The first kappa shape index (κ1) is 22.3. The largest absolute Gasteiger partial charge is 0.344 e. The van der Waals surface area contributed by atoms with Crippen molar-refractivity contribution in [3.8, 4) is 0 Å². The Labute approximate surface area is 192 Å². The first-order chi connectivity index (χ1) is 15.2. The Bertz CT molecular complexity index is 1020.